The number of nitrogens with two attached hydrogens (primary N) is 1. The van der Waals surface area contributed by atoms with Crippen LogP contribution in [-0.2, 0) is 0 Å². The number of nitrogen functional groups attached to an aromatic ring is 1. The number of carbonyl (C=O) groups is 1. The molecule has 12 heavy (non-hydrogen) atoms. The highest BCUT2D eigenvalue weighted by molar-refractivity contribution is 9.10. The van der Waals surface area contributed by atoms with Crippen LogP contribution in [0.1, 0.15) is 10.4 Å². The van der Waals surface area contributed by atoms with Gasteiger partial charge in [-0.2, -0.15) is 0 Å². The Hall–Kier alpha value is -1.07. The summed E-state index contributed by atoms with van der Waals surface area (Å²) in [4.78, 5) is 10.6. The van der Waals surface area contributed by atoms with Crippen molar-refractivity contribution in [3.05, 3.63) is 28.2 Å². The lowest BCUT2D eigenvalue weighted by Crippen LogP contribution is -2.08. The first kappa shape index (κ1) is 9.02. The number of hydrogen-bond donors (Lipinski definition) is 3. The van der Waals surface area contributed by atoms with E-state index in [1.807, 2.05) is 0 Å². The van der Waals surface area contributed by atoms with Gasteiger partial charge in [0.25, 0.3) is 0 Å². The molecule has 0 heterocycles. The molecule has 0 atom stereocenters. The van der Waals surface area contributed by atoms with Gasteiger partial charge in [0.05, 0.1) is 5.56 Å². The van der Waals surface area contributed by atoms with Gasteiger partial charge in [0.1, 0.15) is 0 Å². The minimum atomic E-state index is -0.987. The zero-order valence-corrected chi connectivity index (χ0v) is 7.63. The van der Waals surface area contributed by atoms with Crippen molar-refractivity contribution < 1.29 is 9.90 Å². The van der Waals surface area contributed by atoms with Crippen LogP contribution in [0.25, 0.3) is 0 Å². The summed E-state index contributed by atoms with van der Waals surface area (Å²) >= 11 is 3.11. The van der Waals surface area contributed by atoms with Gasteiger partial charge in [-0.25, -0.2) is 4.79 Å². The van der Waals surface area contributed by atoms with Crippen molar-refractivity contribution in [2.45, 2.75) is 0 Å². The fraction of sp³-hybridized carbons (Fsp3) is 0. The van der Waals surface area contributed by atoms with E-state index < -0.39 is 5.97 Å². The highest BCUT2D eigenvalue weighted by Crippen LogP contribution is 2.20. The molecule has 1 rings (SSSR count). The van der Waals surface area contributed by atoms with Crippen molar-refractivity contribution in [2.24, 2.45) is 5.84 Å². The molecule has 0 aliphatic heterocycles. The number of carboxylic acids is 1. The summed E-state index contributed by atoms with van der Waals surface area (Å²) in [5, 5.41) is 8.69. The Labute approximate surface area is 77.5 Å². The highest BCUT2D eigenvalue weighted by Gasteiger charge is 2.07. The van der Waals surface area contributed by atoms with E-state index in [0.717, 1.165) is 0 Å². The molecule has 0 aliphatic rings. The third kappa shape index (κ3) is 1.75. The Bertz CT molecular complexity index is 314. The van der Waals surface area contributed by atoms with Crippen molar-refractivity contribution in [1.82, 2.24) is 0 Å². The predicted octanol–water partition coefficient (Wildman–Crippen LogP) is 1.43. The number of hydrogen-bond acceptors (Lipinski definition) is 3. The molecule has 4 N–H and O–H groups in total. The van der Waals surface area contributed by atoms with Gasteiger partial charge in [0, 0.05) is 10.2 Å². The number of halogens is 1. The third-order valence-electron chi connectivity index (χ3n) is 1.36. The molecule has 0 unspecified atom stereocenters. The zero-order chi connectivity index (χ0) is 9.14. The molecule has 0 spiro atoms. The lowest BCUT2D eigenvalue weighted by atomic mass is 10.2. The molecular weight excluding hydrogens is 224 g/mol. The van der Waals surface area contributed by atoms with Crippen molar-refractivity contribution in [3.8, 4) is 0 Å². The molecule has 1 aromatic carbocycles. The van der Waals surface area contributed by atoms with Gasteiger partial charge in [0.2, 0.25) is 0 Å². The van der Waals surface area contributed by atoms with Crippen LogP contribution in [0.2, 0.25) is 0 Å². The standard InChI is InChI=1S/C7H7BrN2O2/c8-6-2-1-4(10-9)3-5(6)7(11)12/h1-3,10H,9H2,(H,11,12). The quantitative estimate of drug-likeness (QED) is 0.531. The van der Waals surface area contributed by atoms with Crippen LogP contribution >= 0.6 is 15.9 Å². The van der Waals surface area contributed by atoms with E-state index in [2.05, 4.69) is 21.4 Å². The Morgan fingerprint density at radius 1 is 1.58 bits per heavy atom. The summed E-state index contributed by atoms with van der Waals surface area (Å²) in [5.74, 6) is 4.12. The van der Waals surface area contributed by atoms with Gasteiger partial charge in [0.15, 0.2) is 0 Å². The summed E-state index contributed by atoms with van der Waals surface area (Å²) in [5.41, 5.74) is 3.12. The van der Waals surface area contributed by atoms with Crippen LogP contribution < -0.4 is 11.3 Å². The molecule has 5 heteroatoms. The number of anilines is 1. The molecule has 1 aromatic rings. The van der Waals surface area contributed by atoms with E-state index in [1.54, 1.807) is 12.1 Å². The Balaban J connectivity index is 3.17. The van der Waals surface area contributed by atoms with Gasteiger partial charge >= 0.3 is 5.97 Å². The smallest absolute Gasteiger partial charge is 0.336 e. The lowest BCUT2D eigenvalue weighted by molar-refractivity contribution is 0.0696. The van der Waals surface area contributed by atoms with E-state index in [0.29, 0.717) is 10.2 Å². The van der Waals surface area contributed by atoms with E-state index in [9.17, 15) is 4.79 Å². The summed E-state index contributed by atoms with van der Waals surface area (Å²) < 4.78 is 0.536. The molecule has 0 aromatic heterocycles. The summed E-state index contributed by atoms with van der Waals surface area (Å²) in [7, 11) is 0. The van der Waals surface area contributed by atoms with Crippen LogP contribution in [0.3, 0.4) is 0 Å². The molecule has 0 fully saturated rings. The van der Waals surface area contributed by atoms with Crippen LogP contribution in [0.5, 0.6) is 0 Å². The van der Waals surface area contributed by atoms with Crippen molar-refractivity contribution in [1.29, 1.82) is 0 Å². The monoisotopic (exact) mass is 230 g/mol. The maximum Gasteiger partial charge on any atom is 0.336 e. The molecule has 0 radical (unpaired) electrons. The van der Waals surface area contributed by atoms with Crippen molar-refractivity contribution in [3.63, 3.8) is 0 Å². The lowest BCUT2D eigenvalue weighted by Gasteiger charge is -2.02. The average Bonchev–Trinajstić information content (AvgIpc) is 2.05. The Kier molecular flexibility index (Phi) is 2.67. The van der Waals surface area contributed by atoms with Crippen LogP contribution in [0, 0.1) is 0 Å². The second kappa shape index (κ2) is 3.55. The SMILES string of the molecule is NNc1ccc(Br)c(C(=O)O)c1. The summed E-state index contributed by atoms with van der Waals surface area (Å²) in [6.45, 7) is 0. The Morgan fingerprint density at radius 3 is 2.75 bits per heavy atom. The molecule has 0 amide bonds. The first-order chi connectivity index (χ1) is 5.65. The van der Waals surface area contributed by atoms with Gasteiger partial charge in [-0.05, 0) is 34.1 Å². The number of carboxylic acid groups (broad SMARTS) is 1. The molecular formula is C7H7BrN2O2. The van der Waals surface area contributed by atoms with Crippen LogP contribution in [0.4, 0.5) is 5.69 Å². The fourth-order valence-electron chi connectivity index (χ4n) is 0.779. The van der Waals surface area contributed by atoms with E-state index in [1.165, 1.54) is 6.07 Å². The van der Waals surface area contributed by atoms with E-state index in [-0.39, 0.29) is 5.56 Å². The number of rotatable bonds is 2. The Morgan fingerprint density at radius 2 is 2.25 bits per heavy atom. The van der Waals surface area contributed by atoms with Crippen molar-refractivity contribution >= 4 is 27.6 Å². The fourth-order valence-corrected chi connectivity index (χ4v) is 1.20. The average molecular weight is 231 g/mol. The van der Waals surface area contributed by atoms with Crippen LogP contribution in [0.15, 0.2) is 22.7 Å². The largest absolute Gasteiger partial charge is 0.478 e. The highest BCUT2D eigenvalue weighted by atomic mass is 79.9. The molecule has 4 nitrogen and oxygen atoms in total. The zero-order valence-electron chi connectivity index (χ0n) is 6.04. The summed E-state index contributed by atoms with van der Waals surface area (Å²) in [6, 6.07) is 4.75. The van der Waals surface area contributed by atoms with E-state index >= 15 is 0 Å². The third-order valence-corrected chi connectivity index (χ3v) is 2.05. The second-order valence-corrected chi connectivity index (χ2v) is 3.00. The normalized spacial score (nSPS) is 9.50. The van der Waals surface area contributed by atoms with Gasteiger partial charge < -0.3 is 10.5 Å². The number of aromatic carboxylic acids is 1. The second-order valence-electron chi connectivity index (χ2n) is 2.14. The molecule has 64 valence electrons. The van der Waals surface area contributed by atoms with Crippen LogP contribution in [-0.4, -0.2) is 11.1 Å². The predicted molar refractivity (Wildman–Crippen MR) is 48.9 cm³/mol. The molecule has 0 aliphatic carbocycles. The topological polar surface area (TPSA) is 75.3 Å². The number of nitrogens with one attached hydrogen (secondary N) is 1. The maximum atomic E-state index is 10.6. The first-order valence-corrected chi connectivity index (χ1v) is 3.94. The number of benzene rings is 1. The molecule has 0 saturated carbocycles. The first-order valence-electron chi connectivity index (χ1n) is 3.14. The minimum Gasteiger partial charge on any atom is -0.478 e. The van der Waals surface area contributed by atoms with Gasteiger partial charge in [-0.3, -0.25) is 5.84 Å². The molecule has 0 bridgehead atoms. The number of hydrazine groups is 1. The maximum absolute atomic E-state index is 10.6. The van der Waals surface area contributed by atoms with Crippen molar-refractivity contribution in [2.75, 3.05) is 5.43 Å². The minimum absolute atomic E-state index is 0.186. The van der Waals surface area contributed by atoms with E-state index in [4.69, 9.17) is 10.9 Å². The van der Waals surface area contributed by atoms with Gasteiger partial charge in [-0.1, -0.05) is 0 Å². The summed E-state index contributed by atoms with van der Waals surface area (Å²) in [6.07, 6.45) is 0. The molecule has 0 saturated heterocycles. The van der Waals surface area contributed by atoms with Gasteiger partial charge in [-0.15, -0.1) is 0 Å².